The zero-order valence-corrected chi connectivity index (χ0v) is 13.7. The van der Waals surface area contributed by atoms with Gasteiger partial charge in [-0.2, -0.15) is 0 Å². The van der Waals surface area contributed by atoms with Crippen LogP contribution in [-0.2, 0) is 9.59 Å². The summed E-state index contributed by atoms with van der Waals surface area (Å²) in [4.78, 5) is 25.7. The van der Waals surface area contributed by atoms with Crippen molar-refractivity contribution in [2.24, 2.45) is 11.7 Å². The summed E-state index contributed by atoms with van der Waals surface area (Å²) < 4.78 is 0. The molecule has 2 heterocycles. The van der Waals surface area contributed by atoms with E-state index in [9.17, 15) is 9.59 Å². The number of hydrogen-bond donors (Lipinski definition) is 2. The van der Waals surface area contributed by atoms with Gasteiger partial charge in [0, 0.05) is 19.5 Å². The van der Waals surface area contributed by atoms with Gasteiger partial charge in [0.25, 0.3) is 0 Å². The first-order valence-electron chi connectivity index (χ1n) is 7.90. The molecular weight excluding hydrogens is 290 g/mol. The van der Waals surface area contributed by atoms with Crippen LogP contribution in [0.2, 0.25) is 0 Å². The second kappa shape index (κ2) is 7.99. The van der Waals surface area contributed by atoms with Crippen molar-refractivity contribution in [3.05, 3.63) is 0 Å². The number of halogens is 1. The minimum Gasteiger partial charge on any atom is -0.370 e. The molecule has 0 aromatic rings. The van der Waals surface area contributed by atoms with Crippen LogP contribution >= 0.6 is 12.4 Å². The Morgan fingerprint density at radius 3 is 2.71 bits per heavy atom. The van der Waals surface area contributed by atoms with Gasteiger partial charge in [-0.15, -0.1) is 12.4 Å². The number of rotatable bonds is 5. The molecule has 6 heteroatoms. The third-order valence-electron chi connectivity index (χ3n) is 4.86. The Labute approximate surface area is 133 Å². The number of piperidine rings is 1. The molecule has 2 rings (SSSR count). The summed E-state index contributed by atoms with van der Waals surface area (Å²) in [5.41, 5.74) is 4.89. The average molecular weight is 318 g/mol. The van der Waals surface area contributed by atoms with Crippen LogP contribution in [0, 0.1) is 5.92 Å². The monoisotopic (exact) mass is 317 g/mol. The lowest BCUT2D eigenvalue weighted by Gasteiger charge is -2.39. The molecule has 0 aromatic heterocycles. The number of carbonyl (C=O) groups excluding carboxylic acids is 2. The fraction of sp³-hybridized carbons (Fsp3) is 0.867. The van der Waals surface area contributed by atoms with Crippen molar-refractivity contribution >= 4 is 24.2 Å². The van der Waals surface area contributed by atoms with Crippen molar-refractivity contribution in [3.63, 3.8) is 0 Å². The molecule has 122 valence electrons. The standard InChI is InChI=1S/C15H27N3O2.ClH/c1-2-15(8-4-9-17-15)14(20)18-10-3-5-12(11-18)6-7-13(16)19;/h12,17H,2-11H2,1H3,(H2,16,19);1H. The van der Waals surface area contributed by atoms with Crippen molar-refractivity contribution in [2.45, 2.75) is 57.4 Å². The van der Waals surface area contributed by atoms with Crippen molar-refractivity contribution in [2.75, 3.05) is 19.6 Å². The van der Waals surface area contributed by atoms with Crippen molar-refractivity contribution < 1.29 is 9.59 Å². The molecule has 2 amide bonds. The predicted molar refractivity (Wildman–Crippen MR) is 85.2 cm³/mol. The van der Waals surface area contributed by atoms with Crippen LogP contribution in [0.5, 0.6) is 0 Å². The first-order valence-corrected chi connectivity index (χ1v) is 7.90. The predicted octanol–water partition coefficient (Wildman–Crippen LogP) is 1.44. The molecule has 0 spiro atoms. The van der Waals surface area contributed by atoms with Gasteiger partial charge in [-0.25, -0.2) is 0 Å². The number of likely N-dealkylation sites (tertiary alicyclic amines) is 1. The van der Waals surface area contributed by atoms with Gasteiger partial charge in [0.2, 0.25) is 11.8 Å². The number of nitrogens with two attached hydrogens (primary N) is 1. The minimum atomic E-state index is -0.328. The Morgan fingerprint density at radius 1 is 1.38 bits per heavy atom. The number of nitrogens with zero attached hydrogens (tertiary/aromatic N) is 1. The Hall–Kier alpha value is -0.810. The van der Waals surface area contributed by atoms with Gasteiger partial charge in [0.15, 0.2) is 0 Å². The smallest absolute Gasteiger partial charge is 0.242 e. The van der Waals surface area contributed by atoms with E-state index >= 15 is 0 Å². The van der Waals surface area contributed by atoms with Crippen molar-refractivity contribution in [1.29, 1.82) is 0 Å². The fourth-order valence-electron chi connectivity index (χ4n) is 3.58. The van der Waals surface area contributed by atoms with Crippen LogP contribution in [0.4, 0.5) is 0 Å². The van der Waals surface area contributed by atoms with Crippen LogP contribution < -0.4 is 11.1 Å². The summed E-state index contributed by atoms with van der Waals surface area (Å²) in [6, 6.07) is 0. The summed E-state index contributed by atoms with van der Waals surface area (Å²) in [7, 11) is 0. The highest BCUT2D eigenvalue weighted by Crippen LogP contribution is 2.29. The van der Waals surface area contributed by atoms with Crippen LogP contribution in [0.3, 0.4) is 0 Å². The summed E-state index contributed by atoms with van der Waals surface area (Å²) in [5.74, 6) is 0.452. The molecule has 0 saturated carbocycles. The Bertz CT molecular complexity index is 370. The van der Waals surface area contributed by atoms with E-state index in [4.69, 9.17) is 5.73 Å². The van der Waals surface area contributed by atoms with E-state index in [1.54, 1.807) is 0 Å². The van der Waals surface area contributed by atoms with E-state index in [2.05, 4.69) is 12.2 Å². The Morgan fingerprint density at radius 2 is 2.14 bits per heavy atom. The van der Waals surface area contributed by atoms with Gasteiger partial charge < -0.3 is 16.0 Å². The van der Waals surface area contributed by atoms with E-state index in [-0.39, 0.29) is 29.8 Å². The number of hydrogen-bond acceptors (Lipinski definition) is 3. The fourth-order valence-corrected chi connectivity index (χ4v) is 3.58. The largest absolute Gasteiger partial charge is 0.370 e. The minimum absolute atomic E-state index is 0. The third-order valence-corrected chi connectivity index (χ3v) is 4.86. The van der Waals surface area contributed by atoms with Crippen LogP contribution in [-0.4, -0.2) is 41.9 Å². The van der Waals surface area contributed by atoms with E-state index in [1.165, 1.54) is 0 Å². The van der Waals surface area contributed by atoms with Gasteiger partial charge in [-0.05, 0) is 51.0 Å². The zero-order chi connectivity index (χ0) is 14.6. The second-order valence-corrected chi connectivity index (χ2v) is 6.23. The summed E-state index contributed by atoms with van der Waals surface area (Å²) >= 11 is 0. The van der Waals surface area contributed by atoms with E-state index < -0.39 is 0 Å². The molecule has 2 aliphatic heterocycles. The van der Waals surface area contributed by atoms with Gasteiger partial charge in [0.05, 0.1) is 5.54 Å². The summed E-state index contributed by atoms with van der Waals surface area (Å²) in [6.07, 6.45) is 6.27. The average Bonchev–Trinajstić information content (AvgIpc) is 2.94. The zero-order valence-electron chi connectivity index (χ0n) is 12.9. The SMILES string of the molecule is CCC1(C(=O)N2CCCC(CCC(N)=O)C2)CCCN1.Cl. The quantitative estimate of drug-likeness (QED) is 0.805. The maximum Gasteiger partial charge on any atom is 0.242 e. The van der Waals surface area contributed by atoms with Crippen molar-refractivity contribution in [3.8, 4) is 0 Å². The molecule has 0 radical (unpaired) electrons. The highest BCUT2D eigenvalue weighted by Gasteiger charge is 2.42. The molecule has 2 atom stereocenters. The number of nitrogens with one attached hydrogen (secondary N) is 1. The first-order chi connectivity index (χ1) is 9.57. The molecule has 0 aliphatic carbocycles. The molecule has 2 unspecified atom stereocenters. The molecular formula is C15H28ClN3O2. The van der Waals surface area contributed by atoms with Gasteiger partial charge in [-0.1, -0.05) is 6.92 Å². The van der Waals surface area contributed by atoms with E-state index in [0.29, 0.717) is 12.3 Å². The second-order valence-electron chi connectivity index (χ2n) is 6.23. The molecule has 2 aliphatic rings. The number of amides is 2. The molecule has 0 bridgehead atoms. The van der Waals surface area contributed by atoms with Gasteiger partial charge >= 0.3 is 0 Å². The molecule has 0 aromatic carbocycles. The van der Waals surface area contributed by atoms with Crippen LogP contribution in [0.15, 0.2) is 0 Å². The van der Waals surface area contributed by atoms with Crippen LogP contribution in [0.25, 0.3) is 0 Å². The lowest BCUT2D eigenvalue weighted by molar-refractivity contribution is -0.140. The molecule has 2 saturated heterocycles. The number of carbonyl (C=O) groups is 2. The molecule has 2 fully saturated rings. The third kappa shape index (κ3) is 4.33. The summed E-state index contributed by atoms with van der Waals surface area (Å²) in [6.45, 7) is 4.67. The van der Waals surface area contributed by atoms with Crippen molar-refractivity contribution in [1.82, 2.24) is 10.2 Å². The Balaban J connectivity index is 0.00000220. The summed E-state index contributed by atoms with van der Waals surface area (Å²) in [5, 5.41) is 3.42. The lowest BCUT2D eigenvalue weighted by atomic mass is 9.88. The first kappa shape index (κ1) is 18.2. The van der Waals surface area contributed by atoms with Gasteiger partial charge in [0.1, 0.15) is 0 Å². The van der Waals surface area contributed by atoms with E-state index in [1.807, 2.05) is 4.90 Å². The highest BCUT2D eigenvalue weighted by atomic mass is 35.5. The topological polar surface area (TPSA) is 75.4 Å². The maximum atomic E-state index is 12.8. The maximum absolute atomic E-state index is 12.8. The van der Waals surface area contributed by atoms with Gasteiger partial charge in [-0.3, -0.25) is 9.59 Å². The molecule has 21 heavy (non-hydrogen) atoms. The molecule has 5 nitrogen and oxygen atoms in total. The van der Waals surface area contributed by atoms with E-state index in [0.717, 1.165) is 58.2 Å². The number of primary amides is 1. The highest BCUT2D eigenvalue weighted by molar-refractivity contribution is 5.87. The molecule has 3 N–H and O–H groups in total. The normalized spacial score (nSPS) is 29.0. The Kier molecular flexibility index (Phi) is 6.94. The van der Waals surface area contributed by atoms with Crippen LogP contribution in [0.1, 0.15) is 51.9 Å². The lowest BCUT2D eigenvalue weighted by Crippen LogP contribution is -2.56.